The third kappa shape index (κ3) is 4.02. The zero-order valence-corrected chi connectivity index (χ0v) is 18.0. The number of carbonyl (C=O) groups excluding carboxylic acids is 2. The first-order valence-corrected chi connectivity index (χ1v) is 11.4. The minimum Gasteiger partial charge on any atom is -0.396 e. The summed E-state index contributed by atoms with van der Waals surface area (Å²) >= 11 is 1.24. The van der Waals surface area contributed by atoms with Crippen molar-refractivity contribution < 1.29 is 14.7 Å². The van der Waals surface area contributed by atoms with E-state index in [1.54, 1.807) is 0 Å². The molecule has 1 fully saturated rings. The maximum atomic E-state index is 13.3. The Kier molecular flexibility index (Phi) is 6.25. The number of aliphatic hydroxyl groups is 1. The molecule has 0 aromatic heterocycles. The molecule has 30 heavy (non-hydrogen) atoms. The van der Waals surface area contributed by atoms with Crippen LogP contribution in [-0.2, 0) is 9.59 Å². The molecule has 2 aliphatic heterocycles. The number of aryl methyl sites for hydroxylation is 1. The van der Waals surface area contributed by atoms with E-state index in [9.17, 15) is 14.7 Å². The molecule has 1 N–H and O–H groups in total. The Morgan fingerprint density at radius 2 is 1.50 bits per heavy atom. The van der Waals surface area contributed by atoms with Gasteiger partial charge in [-0.25, -0.2) is 4.90 Å². The Bertz CT molecular complexity index is 961. The van der Waals surface area contributed by atoms with Gasteiger partial charge in [-0.05, 0) is 56.0 Å². The van der Waals surface area contributed by atoms with E-state index in [-0.39, 0.29) is 18.4 Å². The van der Waals surface area contributed by atoms with Crippen LogP contribution in [-0.4, -0.2) is 42.4 Å². The van der Waals surface area contributed by atoms with Gasteiger partial charge in [-0.15, -0.1) is 11.8 Å². The van der Waals surface area contributed by atoms with Crippen LogP contribution < -0.4 is 9.80 Å². The lowest BCUT2D eigenvalue weighted by molar-refractivity contribution is -0.119. The second kappa shape index (κ2) is 9.06. The summed E-state index contributed by atoms with van der Waals surface area (Å²) in [6.07, 6.45) is 3.66. The average molecular weight is 423 g/mol. The van der Waals surface area contributed by atoms with Crippen molar-refractivity contribution in [2.75, 3.05) is 35.2 Å². The molecule has 1 saturated heterocycles. The average Bonchev–Trinajstić information content (AvgIpc) is 3.03. The highest BCUT2D eigenvalue weighted by Gasteiger charge is 2.40. The fourth-order valence-electron chi connectivity index (χ4n) is 3.97. The lowest BCUT2D eigenvalue weighted by Crippen LogP contribution is -2.32. The monoisotopic (exact) mass is 422 g/mol. The molecule has 0 saturated carbocycles. The Hall–Kier alpha value is -2.57. The van der Waals surface area contributed by atoms with Crippen molar-refractivity contribution in [3.8, 4) is 0 Å². The first-order valence-electron chi connectivity index (χ1n) is 10.4. The zero-order valence-electron chi connectivity index (χ0n) is 17.1. The smallest absolute Gasteiger partial charge is 0.272 e. The molecular weight excluding hydrogens is 396 g/mol. The van der Waals surface area contributed by atoms with Crippen molar-refractivity contribution in [3.63, 3.8) is 0 Å². The standard InChI is InChI=1S/C24H26N2O3S/c1-17-5-7-18(8-6-17)21-22(30-16-15-27)24(29)26(23(21)28)20-11-9-19(10-12-20)25-13-3-2-4-14-25/h5-12,27H,2-4,13-16H2,1H3. The number of rotatable bonds is 6. The number of thioether (sulfide) groups is 1. The Morgan fingerprint density at radius 1 is 0.867 bits per heavy atom. The second-order valence-electron chi connectivity index (χ2n) is 7.65. The van der Waals surface area contributed by atoms with Crippen molar-refractivity contribution in [2.45, 2.75) is 26.2 Å². The predicted molar refractivity (Wildman–Crippen MR) is 123 cm³/mol. The van der Waals surface area contributed by atoms with Crippen molar-refractivity contribution in [3.05, 3.63) is 64.6 Å². The molecule has 6 heteroatoms. The molecule has 156 valence electrons. The van der Waals surface area contributed by atoms with Crippen molar-refractivity contribution >= 4 is 40.5 Å². The molecular formula is C24H26N2O3S. The van der Waals surface area contributed by atoms with E-state index in [2.05, 4.69) is 4.90 Å². The summed E-state index contributed by atoms with van der Waals surface area (Å²) in [4.78, 5) is 30.5. The summed E-state index contributed by atoms with van der Waals surface area (Å²) in [7, 11) is 0. The third-order valence-electron chi connectivity index (χ3n) is 5.55. The molecule has 2 heterocycles. The van der Waals surface area contributed by atoms with E-state index in [1.165, 1.54) is 35.9 Å². The molecule has 2 amide bonds. The van der Waals surface area contributed by atoms with Gasteiger partial charge in [0.2, 0.25) is 0 Å². The van der Waals surface area contributed by atoms with Gasteiger partial charge in [-0.2, -0.15) is 0 Å². The topological polar surface area (TPSA) is 60.9 Å². The molecule has 0 radical (unpaired) electrons. The van der Waals surface area contributed by atoms with E-state index in [0.717, 1.165) is 29.9 Å². The van der Waals surface area contributed by atoms with Crippen LogP contribution in [0.4, 0.5) is 11.4 Å². The number of anilines is 2. The van der Waals surface area contributed by atoms with Gasteiger partial charge in [0.25, 0.3) is 11.8 Å². The number of aliphatic hydroxyl groups excluding tert-OH is 1. The summed E-state index contributed by atoms with van der Waals surface area (Å²) < 4.78 is 0. The summed E-state index contributed by atoms with van der Waals surface area (Å²) in [6, 6.07) is 15.3. The van der Waals surface area contributed by atoms with E-state index in [4.69, 9.17) is 0 Å². The van der Waals surface area contributed by atoms with Gasteiger partial charge in [-0.3, -0.25) is 9.59 Å². The molecule has 0 aliphatic carbocycles. The minimum absolute atomic E-state index is 0.0542. The number of piperidine rings is 1. The number of benzene rings is 2. The van der Waals surface area contributed by atoms with Crippen LogP contribution in [0.2, 0.25) is 0 Å². The van der Waals surface area contributed by atoms with Crippen molar-refractivity contribution in [1.82, 2.24) is 0 Å². The van der Waals surface area contributed by atoms with Crippen LogP contribution in [0.15, 0.2) is 53.4 Å². The van der Waals surface area contributed by atoms with Crippen molar-refractivity contribution in [2.24, 2.45) is 0 Å². The number of amides is 2. The summed E-state index contributed by atoms with van der Waals surface area (Å²) in [5, 5.41) is 9.25. The third-order valence-corrected chi connectivity index (χ3v) is 6.60. The molecule has 2 aromatic rings. The zero-order chi connectivity index (χ0) is 21.1. The van der Waals surface area contributed by atoms with Gasteiger partial charge in [0.15, 0.2) is 0 Å². The first kappa shape index (κ1) is 20.7. The lowest BCUT2D eigenvalue weighted by atomic mass is 10.0. The molecule has 0 atom stereocenters. The van der Waals surface area contributed by atoms with Gasteiger partial charge in [0.1, 0.15) is 0 Å². The normalized spacial score (nSPS) is 17.3. The second-order valence-corrected chi connectivity index (χ2v) is 8.76. The van der Waals surface area contributed by atoms with Gasteiger partial charge < -0.3 is 10.0 Å². The summed E-state index contributed by atoms with van der Waals surface area (Å²) in [6.45, 7) is 4.02. The SMILES string of the molecule is Cc1ccc(C2=C(SCCO)C(=O)N(c3ccc(N4CCCCC4)cc3)C2=O)cc1. The van der Waals surface area contributed by atoms with E-state index in [1.807, 2.05) is 55.5 Å². The number of hydrogen-bond acceptors (Lipinski definition) is 5. The maximum Gasteiger partial charge on any atom is 0.272 e. The highest BCUT2D eigenvalue weighted by atomic mass is 32.2. The van der Waals surface area contributed by atoms with Crippen LogP contribution in [0, 0.1) is 6.92 Å². The lowest BCUT2D eigenvalue weighted by Gasteiger charge is -2.29. The maximum absolute atomic E-state index is 13.3. The van der Waals surface area contributed by atoms with E-state index in [0.29, 0.717) is 21.9 Å². The highest BCUT2D eigenvalue weighted by molar-refractivity contribution is 8.04. The summed E-state index contributed by atoms with van der Waals surface area (Å²) in [5.74, 6) is -0.263. The van der Waals surface area contributed by atoms with Crippen LogP contribution in [0.25, 0.3) is 5.57 Å². The van der Waals surface area contributed by atoms with Gasteiger partial charge >= 0.3 is 0 Å². The first-order chi connectivity index (χ1) is 14.6. The number of nitrogens with zero attached hydrogens (tertiary/aromatic N) is 2. The summed E-state index contributed by atoms with van der Waals surface area (Å²) in [5.41, 5.74) is 3.94. The molecule has 2 aliphatic rings. The number of imide groups is 1. The van der Waals surface area contributed by atoms with Gasteiger partial charge in [0, 0.05) is 24.5 Å². The molecule has 0 spiro atoms. The molecule has 5 nitrogen and oxygen atoms in total. The Labute approximate surface area is 181 Å². The number of carbonyl (C=O) groups is 2. The van der Waals surface area contributed by atoms with Gasteiger partial charge in [-0.1, -0.05) is 29.8 Å². The number of hydrogen-bond donors (Lipinski definition) is 1. The fraction of sp³-hybridized carbons (Fsp3) is 0.333. The molecule has 4 rings (SSSR count). The largest absolute Gasteiger partial charge is 0.396 e. The molecule has 2 aromatic carbocycles. The molecule has 0 bridgehead atoms. The van der Waals surface area contributed by atoms with Gasteiger partial charge in [0.05, 0.1) is 22.8 Å². The highest BCUT2D eigenvalue weighted by Crippen LogP contribution is 2.38. The van der Waals surface area contributed by atoms with Crippen LogP contribution in [0.1, 0.15) is 30.4 Å². The Balaban J connectivity index is 1.64. The van der Waals surface area contributed by atoms with E-state index >= 15 is 0 Å². The minimum atomic E-state index is -0.320. The van der Waals surface area contributed by atoms with Crippen LogP contribution in [0.3, 0.4) is 0 Å². The molecule has 0 unspecified atom stereocenters. The van der Waals surface area contributed by atoms with E-state index < -0.39 is 0 Å². The quantitative estimate of drug-likeness (QED) is 0.713. The fourth-order valence-corrected chi connectivity index (χ4v) is 4.82. The Morgan fingerprint density at radius 3 is 2.13 bits per heavy atom. The van der Waals surface area contributed by atoms with Crippen LogP contribution in [0.5, 0.6) is 0 Å². The van der Waals surface area contributed by atoms with Crippen molar-refractivity contribution in [1.29, 1.82) is 0 Å². The van der Waals surface area contributed by atoms with Crippen LogP contribution >= 0.6 is 11.8 Å². The predicted octanol–water partition coefficient (Wildman–Crippen LogP) is 4.00.